The van der Waals surface area contributed by atoms with Gasteiger partial charge in [0.25, 0.3) is 0 Å². The zero-order valence-corrected chi connectivity index (χ0v) is 24.4. The van der Waals surface area contributed by atoms with E-state index in [0.717, 1.165) is 44.8 Å². The number of hydrogen-bond acceptors (Lipinski definition) is 4. The summed E-state index contributed by atoms with van der Waals surface area (Å²) in [6.07, 6.45) is 20.9. The first-order chi connectivity index (χ1) is 16.2. The Bertz CT molecular complexity index is 559. The molecule has 0 unspecified atom stereocenters. The number of ether oxygens (including phenoxy) is 2. The van der Waals surface area contributed by atoms with Gasteiger partial charge in [-0.05, 0) is 56.7 Å². The summed E-state index contributed by atoms with van der Waals surface area (Å²) in [6.45, 7) is 14.0. The number of carbonyl (C=O) groups is 1. The second-order valence-corrected chi connectivity index (χ2v) is 17.2. The van der Waals surface area contributed by atoms with Crippen LogP contribution in [0.5, 0.6) is 0 Å². The Kier molecular flexibility index (Phi) is 13.3. The Morgan fingerprint density at radius 2 is 1.44 bits per heavy atom. The van der Waals surface area contributed by atoms with Gasteiger partial charge in [0.2, 0.25) is 0 Å². The molecular formula is C29H56O4Si. The van der Waals surface area contributed by atoms with Crippen LogP contribution in [0.3, 0.4) is 0 Å². The lowest BCUT2D eigenvalue weighted by Gasteiger charge is -2.41. The lowest BCUT2D eigenvalue weighted by atomic mass is 9.98. The zero-order valence-electron chi connectivity index (χ0n) is 23.4. The molecule has 4 nitrogen and oxygen atoms in total. The molecule has 34 heavy (non-hydrogen) atoms. The van der Waals surface area contributed by atoms with E-state index in [1.807, 2.05) is 0 Å². The molecule has 2 fully saturated rings. The van der Waals surface area contributed by atoms with Gasteiger partial charge in [0.05, 0.1) is 24.4 Å². The second-order valence-electron chi connectivity index (χ2n) is 12.5. The Labute approximate surface area is 212 Å². The van der Waals surface area contributed by atoms with Gasteiger partial charge in [-0.3, -0.25) is 0 Å². The van der Waals surface area contributed by atoms with Crippen LogP contribution in [-0.2, 0) is 18.7 Å². The van der Waals surface area contributed by atoms with Crippen LogP contribution >= 0.6 is 0 Å². The number of aldehydes is 1. The molecule has 0 aromatic rings. The number of hydrogen-bond donors (Lipinski definition) is 0. The van der Waals surface area contributed by atoms with E-state index in [-0.39, 0.29) is 35.6 Å². The zero-order chi connectivity index (χ0) is 25.0. The first-order valence-electron chi connectivity index (χ1n) is 14.6. The molecule has 0 aromatic heterocycles. The summed E-state index contributed by atoms with van der Waals surface area (Å²) in [6, 6.07) is 0. The summed E-state index contributed by atoms with van der Waals surface area (Å²) in [7, 11) is -1.87. The maximum absolute atomic E-state index is 11.2. The predicted molar refractivity (Wildman–Crippen MR) is 145 cm³/mol. The molecule has 5 atom stereocenters. The predicted octanol–water partition coefficient (Wildman–Crippen LogP) is 8.37. The van der Waals surface area contributed by atoms with Crippen LogP contribution < -0.4 is 0 Å². The smallest absolute Gasteiger partial charge is 0.192 e. The fourth-order valence-electron chi connectivity index (χ4n) is 5.20. The SMILES string of the molecule is CCCCCCCCCCCC[C@@H](O[Si](C)(C)C(C)(C)C)[C@H]1CC[C@H]([C@H]2CCC[C@@H](C=O)O2)O1. The quantitative estimate of drug-likeness (QED) is 0.122. The molecule has 0 saturated carbocycles. The lowest BCUT2D eigenvalue weighted by molar-refractivity contribution is -0.146. The molecule has 0 aromatic carbocycles. The molecule has 2 heterocycles. The fourth-order valence-corrected chi connectivity index (χ4v) is 6.58. The van der Waals surface area contributed by atoms with E-state index in [1.165, 1.54) is 64.2 Å². The van der Waals surface area contributed by atoms with Gasteiger partial charge in [-0.1, -0.05) is 91.9 Å². The molecule has 0 radical (unpaired) electrons. The van der Waals surface area contributed by atoms with Crippen molar-refractivity contribution in [3.63, 3.8) is 0 Å². The van der Waals surface area contributed by atoms with Crippen molar-refractivity contribution in [1.29, 1.82) is 0 Å². The summed E-state index contributed by atoms with van der Waals surface area (Å²) in [5.41, 5.74) is 0. The lowest BCUT2D eigenvalue weighted by Crippen LogP contribution is -2.47. The van der Waals surface area contributed by atoms with Crippen LogP contribution in [0.4, 0.5) is 0 Å². The van der Waals surface area contributed by atoms with Gasteiger partial charge in [-0.2, -0.15) is 0 Å². The Hall–Kier alpha value is -0.233. The molecule has 2 rings (SSSR count). The van der Waals surface area contributed by atoms with Crippen molar-refractivity contribution in [2.24, 2.45) is 0 Å². The largest absolute Gasteiger partial charge is 0.411 e. The van der Waals surface area contributed by atoms with Crippen molar-refractivity contribution in [1.82, 2.24) is 0 Å². The topological polar surface area (TPSA) is 44.8 Å². The summed E-state index contributed by atoms with van der Waals surface area (Å²) in [5, 5.41) is 0.199. The van der Waals surface area contributed by atoms with Crippen molar-refractivity contribution in [3.05, 3.63) is 0 Å². The first kappa shape index (κ1) is 30.0. The minimum absolute atomic E-state index is 0.0693. The molecule has 5 heteroatoms. The van der Waals surface area contributed by atoms with Crippen LogP contribution in [0, 0.1) is 0 Å². The normalized spacial score (nSPS) is 27.1. The average Bonchev–Trinajstić information content (AvgIpc) is 3.29. The third kappa shape index (κ3) is 10.0. The van der Waals surface area contributed by atoms with Gasteiger partial charge in [0.15, 0.2) is 8.32 Å². The highest BCUT2D eigenvalue weighted by atomic mass is 28.4. The van der Waals surface area contributed by atoms with Gasteiger partial charge in [-0.15, -0.1) is 0 Å². The first-order valence-corrected chi connectivity index (χ1v) is 17.5. The average molecular weight is 497 g/mol. The van der Waals surface area contributed by atoms with Crippen molar-refractivity contribution < 1.29 is 18.7 Å². The summed E-state index contributed by atoms with van der Waals surface area (Å²) < 4.78 is 19.6. The fraction of sp³-hybridized carbons (Fsp3) is 0.966. The highest BCUT2D eigenvalue weighted by molar-refractivity contribution is 6.74. The van der Waals surface area contributed by atoms with Gasteiger partial charge < -0.3 is 18.7 Å². The van der Waals surface area contributed by atoms with E-state index in [1.54, 1.807) is 0 Å². The second kappa shape index (κ2) is 15.1. The van der Waals surface area contributed by atoms with Gasteiger partial charge in [0, 0.05) is 0 Å². The third-order valence-corrected chi connectivity index (χ3v) is 13.0. The summed E-state index contributed by atoms with van der Waals surface area (Å²) in [4.78, 5) is 11.2. The number of unbranched alkanes of at least 4 members (excludes halogenated alkanes) is 9. The van der Waals surface area contributed by atoms with Crippen molar-refractivity contribution in [2.45, 2.75) is 179 Å². The van der Waals surface area contributed by atoms with Gasteiger partial charge >= 0.3 is 0 Å². The van der Waals surface area contributed by atoms with Crippen LogP contribution in [-0.4, -0.2) is 45.1 Å². The van der Waals surface area contributed by atoms with Crippen molar-refractivity contribution in [3.8, 4) is 0 Å². The van der Waals surface area contributed by atoms with Crippen molar-refractivity contribution in [2.75, 3.05) is 0 Å². The minimum atomic E-state index is -1.87. The molecule has 0 spiro atoms. The van der Waals surface area contributed by atoms with Crippen LogP contribution in [0.25, 0.3) is 0 Å². The molecule has 0 aliphatic carbocycles. The standard InChI is InChI=1S/C29H56O4Si/c1-7-8-9-10-11-12-13-14-15-16-19-28(33-34(5,6)29(2,3)4)27-22-21-26(32-27)25-20-17-18-24(23-30)31-25/h23-28H,7-22H2,1-6H3/t24-,25+,26+,27+,28+/m0/s1. The van der Waals surface area contributed by atoms with E-state index in [2.05, 4.69) is 40.8 Å². The monoisotopic (exact) mass is 496 g/mol. The van der Waals surface area contributed by atoms with E-state index in [4.69, 9.17) is 13.9 Å². The summed E-state index contributed by atoms with van der Waals surface area (Å²) in [5.74, 6) is 0. The van der Waals surface area contributed by atoms with Crippen LogP contribution in [0.15, 0.2) is 0 Å². The van der Waals surface area contributed by atoms with E-state index < -0.39 is 8.32 Å². The number of rotatable bonds is 16. The Morgan fingerprint density at radius 3 is 2.03 bits per heavy atom. The molecule has 2 aliphatic rings. The third-order valence-electron chi connectivity index (χ3n) is 8.49. The molecule has 2 aliphatic heterocycles. The maximum atomic E-state index is 11.2. The van der Waals surface area contributed by atoms with Crippen molar-refractivity contribution >= 4 is 14.6 Å². The molecule has 200 valence electrons. The summed E-state index contributed by atoms with van der Waals surface area (Å²) >= 11 is 0. The molecule has 2 saturated heterocycles. The molecule has 0 bridgehead atoms. The van der Waals surface area contributed by atoms with Crippen LogP contribution in [0.2, 0.25) is 18.1 Å². The minimum Gasteiger partial charge on any atom is -0.411 e. The Balaban J connectivity index is 1.82. The van der Waals surface area contributed by atoms with Crippen LogP contribution in [0.1, 0.15) is 130 Å². The molecular weight excluding hydrogens is 440 g/mol. The number of carbonyl (C=O) groups excluding carboxylic acids is 1. The molecule has 0 amide bonds. The molecule has 0 N–H and O–H groups in total. The maximum Gasteiger partial charge on any atom is 0.192 e. The highest BCUT2D eigenvalue weighted by Gasteiger charge is 2.44. The van der Waals surface area contributed by atoms with E-state index in [9.17, 15) is 4.79 Å². The Morgan fingerprint density at radius 1 is 0.853 bits per heavy atom. The van der Waals surface area contributed by atoms with Gasteiger partial charge in [-0.25, -0.2) is 0 Å². The van der Waals surface area contributed by atoms with E-state index in [0.29, 0.717) is 0 Å². The highest BCUT2D eigenvalue weighted by Crippen LogP contribution is 2.40. The van der Waals surface area contributed by atoms with Gasteiger partial charge in [0.1, 0.15) is 12.4 Å². The van der Waals surface area contributed by atoms with E-state index >= 15 is 0 Å².